The lowest BCUT2D eigenvalue weighted by atomic mass is 10.00. The molecule has 26 heavy (non-hydrogen) atoms. The summed E-state index contributed by atoms with van der Waals surface area (Å²) in [6, 6.07) is 25.4. The predicted octanol–water partition coefficient (Wildman–Crippen LogP) is 5.12. The van der Waals surface area contributed by atoms with E-state index >= 15 is 0 Å². The minimum Gasteiger partial charge on any atom is -0.497 e. The summed E-state index contributed by atoms with van der Waals surface area (Å²) >= 11 is 0. The van der Waals surface area contributed by atoms with Crippen molar-refractivity contribution in [3.8, 4) is 16.9 Å². The summed E-state index contributed by atoms with van der Waals surface area (Å²) in [5.41, 5.74) is 3.95. The molecule has 0 radical (unpaired) electrons. The quantitative estimate of drug-likeness (QED) is 0.460. The SMILES string of the molecule is COc1cccc(-c2ccccc2COC(=O)C=Cc2ccccc2)c1. The summed E-state index contributed by atoms with van der Waals surface area (Å²) in [5, 5.41) is 0. The van der Waals surface area contributed by atoms with E-state index in [0.29, 0.717) is 0 Å². The highest BCUT2D eigenvalue weighted by atomic mass is 16.5. The first-order valence-electron chi connectivity index (χ1n) is 8.38. The summed E-state index contributed by atoms with van der Waals surface area (Å²) in [6.07, 6.45) is 3.19. The molecule has 0 amide bonds. The summed E-state index contributed by atoms with van der Waals surface area (Å²) < 4.78 is 10.7. The molecule has 0 bridgehead atoms. The fourth-order valence-corrected chi connectivity index (χ4v) is 2.64. The zero-order valence-electron chi connectivity index (χ0n) is 14.6. The Morgan fingerprint density at radius 3 is 2.50 bits per heavy atom. The van der Waals surface area contributed by atoms with Crippen LogP contribution in [0.15, 0.2) is 84.9 Å². The Hall–Kier alpha value is -3.33. The molecule has 3 rings (SSSR count). The molecule has 3 nitrogen and oxygen atoms in total. The van der Waals surface area contributed by atoms with Gasteiger partial charge in [0.05, 0.1) is 7.11 Å². The topological polar surface area (TPSA) is 35.5 Å². The van der Waals surface area contributed by atoms with Crippen LogP contribution < -0.4 is 4.74 Å². The van der Waals surface area contributed by atoms with Gasteiger partial charge >= 0.3 is 5.97 Å². The van der Waals surface area contributed by atoms with Gasteiger partial charge in [-0.3, -0.25) is 0 Å². The third kappa shape index (κ3) is 4.61. The number of carbonyl (C=O) groups excluding carboxylic acids is 1. The molecular weight excluding hydrogens is 324 g/mol. The highest BCUT2D eigenvalue weighted by molar-refractivity contribution is 5.87. The van der Waals surface area contributed by atoms with Crippen molar-refractivity contribution in [3.05, 3.63) is 96.1 Å². The van der Waals surface area contributed by atoms with E-state index in [4.69, 9.17) is 9.47 Å². The van der Waals surface area contributed by atoms with Crippen molar-refractivity contribution in [2.24, 2.45) is 0 Å². The van der Waals surface area contributed by atoms with Gasteiger partial charge in [0, 0.05) is 6.08 Å². The van der Waals surface area contributed by atoms with Crippen LogP contribution in [0.3, 0.4) is 0 Å². The van der Waals surface area contributed by atoms with Gasteiger partial charge < -0.3 is 9.47 Å². The van der Waals surface area contributed by atoms with Gasteiger partial charge in [-0.15, -0.1) is 0 Å². The molecule has 0 spiro atoms. The second kappa shape index (κ2) is 8.67. The molecule has 3 aromatic carbocycles. The standard InChI is InChI=1S/C23H20O3/c1-25-21-12-7-11-19(16-21)22-13-6-5-10-20(22)17-26-23(24)15-14-18-8-3-2-4-9-18/h2-16H,17H2,1H3. The molecule has 0 N–H and O–H groups in total. The van der Waals surface area contributed by atoms with Crippen LogP contribution in [0.5, 0.6) is 5.75 Å². The lowest BCUT2D eigenvalue weighted by molar-refractivity contribution is -0.138. The number of rotatable bonds is 6. The molecule has 0 aliphatic carbocycles. The normalized spacial score (nSPS) is 10.7. The molecule has 0 atom stereocenters. The van der Waals surface area contributed by atoms with Gasteiger partial charge in [-0.2, -0.15) is 0 Å². The average molecular weight is 344 g/mol. The van der Waals surface area contributed by atoms with Crippen LogP contribution in [0, 0.1) is 0 Å². The number of hydrogen-bond acceptors (Lipinski definition) is 3. The Bertz CT molecular complexity index is 898. The molecule has 0 saturated heterocycles. The summed E-state index contributed by atoms with van der Waals surface area (Å²) in [6.45, 7) is 0.214. The predicted molar refractivity (Wildman–Crippen MR) is 104 cm³/mol. The van der Waals surface area contributed by atoms with Crippen LogP contribution >= 0.6 is 0 Å². The van der Waals surface area contributed by atoms with Crippen molar-refractivity contribution < 1.29 is 14.3 Å². The van der Waals surface area contributed by atoms with Crippen molar-refractivity contribution in [3.63, 3.8) is 0 Å². The van der Waals surface area contributed by atoms with Gasteiger partial charge in [0.2, 0.25) is 0 Å². The van der Waals surface area contributed by atoms with E-state index in [9.17, 15) is 4.79 Å². The number of carbonyl (C=O) groups is 1. The maximum atomic E-state index is 12.0. The Kier molecular flexibility index (Phi) is 5.84. The monoisotopic (exact) mass is 344 g/mol. The van der Waals surface area contributed by atoms with E-state index in [1.807, 2.05) is 78.9 Å². The number of benzene rings is 3. The summed E-state index contributed by atoms with van der Waals surface area (Å²) in [4.78, 5) is 12.0. The highest BCUT2D eigenvalue weighted by Gasteiger charge is 2.07. The minimum absolute atomic E-state index is 0.214. The van der Waals surface area contributed by atoms with Gasteiger partial charge in [-0.1, -0.05) is 66.7 Å². The van der Waals surface area contributed by atoms with E-state index in [0.717, 1.165) is 28.0 Å². The molecule has 0 aliphatic heterocycles. The van der Waals surface area contributed by atoms with E-state index in [2.05, 4.69) is 0 Å². The molecule has 0 aliphatic rings. The smallest absolute Gasteiger partial charge is 0.331 e. The largest absolute Gasteiger partial charge is 0.497 e. The Labute approximate surface area is 153 Å². The number of hydrogen-bond donors (Lipinski definition) is 0. The molecule has 3 aromatic rings. The zero-order chi connectivity index (χ0) is 18.2. The van der Waals surface area contributed by atoms with Gasteiger partial charge in [0.15, 0.2) is 0 Å². The molecule has 0 unspecified atom stereocenters. The molecule has 3 heteroatoms. The Morgan fingerprint density at radius 1 is 0.923 bits per heavy atom. The van der Waals surface area contributed by atoms with Crippen molar-refractivity contribution in [2.75, 3.05) is 7.11 Å². The first kappa shape index (κ1) is 17.5. The van der Waals surface area contributed by atoms with Crippen LogP contribution in [0.1, 0.15) is 11.1 Å². The molecule has 0 fully saturated rings. The van der Waals surface area contributed by atoms with Crippen LogP contribution in [0.25, 0.3) is 17.2 Å². The molecule has 0 aromatic heterocycles. The second-order valence-electron chi connectivity index (χ2n) is 5.74. The average Bonchev–Trinajstić information content (AvgIpc) is 2.71. The van der Waals surface area contributed by atoms with Crippen LogP contribution in [0.2, 0.25) is 0 Å². The van der Waals surface area contributed by atoms with Crippen molar-refractivity contribution in [2.45, 2.75) is 6.61 Å². The number of esters is 1. The molecule has 0 heterocycles. The van der Waals surface area contributed by atoms with Crippen molar-refractivity contribution >= 4 is 12.0 Å². The third-order valence-corrected chi connectivity index (χ3v) is 3.98. The van der Waals surface area contributed by atoms with E-state index < -0.39 is 0 Å². The van der Waals surface area contributed by atoms with Crippen LogP contribution in [0.4, 0.5) is 0 Å². The van der Waals surface area contributed by atoms with Crippen molar-refractivity contribution in [1.82, 2.24) is 0 Å². The first-order chi connectivity index (χ1) is 12.8. The lowest BCUT2D eigenvalue weighted by Crippen LogP contribution is -2.02. The maximum absolute atomic E-state index is 12.0. The first-order valence-corrected chi connectivity index (χ1v) is 8.38. The second-order valence-corrected chi connectivity index (χ2v) is 5.74. The summed E-state index contributed by atoms with van der Waals surface area (Å²) in [7, 11) is 1.64. The van der Waals surface area contributed by atoms with Gasteiger partial charge in [0.1, 0.15) is 12.4 Å². The van der Waals surface area contributed by atoms with Crippen molar-refractivity contribution in [1.29, 1.82) is 0 Å². The zero-order valence-corrected chi connectivity index (χ0v) is 14.6. The molecule has 130 valence electrons. The van der Waals surface area contributed by atoms with E-state index in [-0.39, 0.29) is 12.6 Å². The third-order valence-electron chi connectivity index (χ3n) is 3.98. The Morgan fingerprint density at radius 2 is 1.69 bits per heavy atom. The van der Waals surface area contributed by atoms with Crippen LogP contribution in [-0.4, -0.2) is 13.1 Å². The maximum Gasteiger partial charge on any atom is 0.331 e. The van der Waals surface area contributed by atoms with Crippen LogP contribution in [-0.2, 0) is 16.1 Å². The lowest BCUT2D eigenvalue weighted by Gasteiger charge is -2.11. The molecular formula is C23H20O3. The molecule has 0 saturated carbocycles. The van der Waals surface area contributed by atoms with E-state index in [1.54, 1.807) is 13.2 Å². The Balaban J connectivity index is 1.70. The van der Waals surface area contributed by atoms with Gasteiger partial charge in [-0.05, 0) is 40.5 Å². The number of ether oxygens (including phenoxy) is 2. The van der Waals surface area contributed by atoms with E-state index in [1.165, 1.54) is 6.08 Å². The number of methoxy groups -OCH3 is 1. The fourth-order valence-electron chi connectivity index (χ4n) is 2.64. The highest BCUT2D eigenvalue weighted by Crippen LogP contribution is 2.27. The van der Waals surface area contributed by atoms with Gasteiger partial charge in [-0.25, -0.2) is 4.79 Å². The summed E-state index contributed by atoms with van der Waals surface area (Å²) in [5.74, 6) is 0.425. The fraction of sp³-hybridized carbons (Fsp3) is 0.0870. The van der Waals surface area contributed by atoms with Gasteiger partial charge in [0.25, 0.3) is 0 Å². The minimum atomic E-state index is -0.366.